The highest BCUT2D eigenvalue weighted by molar-refractivity contribution is 6.36. The maximum atomic E-state index is 13.3. The van der Waals surface area contributed by atoms with Gasteiger partial charge >= 0.3 is 0 Å². The molecule has 0 fully saturated rings. The van der Waals surface area contributed by atoms with Gasteiger partial charge in [-0.1, -0.05) is 72.8 Å². The Kier molecular flexibility index (Phi) is 6.88. The first-order valence-corrected chi connectivity index (χ1v) is 15.2. The Hall–Kier alpha value is -6.80. The van der Waals surface area contributed by atoms with E-state index in [2.05, 4.69) is 0 Å². The molecule has 2 aliphatic heterocycles. The summed E-state index contributed by atoms with van der Waals surface area (Å²) < 4.78 is 12.2. The third-order valence-corrected chi connectivity index (χ3v) is 8.28. The average molecular weight is 629 g/mol. The number of imide groups is 2. The van der Waals surface area contributed by atoms with Crippen molar-refractivity contribution in [2.75, 3.05) is 9.80 Å². The lowest BCUT2D eigenvalue weighted by Crippen LogP contribution is -2.29. The minimum Gasteiger partial charge on any atom is -0.457 e. The van der Waals surface area contributed by atoms with E-state index in [0.29, 0.717) is 45.5 Å². The molecule has 0 radical (unpaired) electrons. The van der Waals surface area contributed by atoms with Crippen LogP contribution in [0.5, 0.6) is 23.0 Å². The minimum atomic E-state index is -0.430. The van der Waals surface area contributed by atoms with Crippen LogP contribution < -0.4 is 19.3 Å². The number of nitrogens with zero attached hydrogens (tertiary/aromatic N) is 2. The topological polar surface area (TPSA) is 93.2 Å². The third-order valence-electron chi connectivity index (χ3n) is 8.28. The van der Waals surface area contributed by atoms with Crippen molar-refractivity contribution in [3.05, 3.63) is 168 Å². The number of hydrogen-bond acceptors (Lipinski definition) is 6. The maximum absolute atomic E-state index is 13.3. The van der Waals surface area contributed by atoms with E-state index in [1.54, 1.807) is 109 Å². The summed E-state index contributed by atoms with van der Waals surface area (Å²) >= 11 is 0. The Morgan fingerprint density at radius 3 is 1.10 bits per heavy atom. The second-order valence-electron chi connectivity index (χ2n) is 11.2. The molecular formula is C40H24N2O6. The fourth-order valence-corrected chi connectivity index (χ4v) is 5.99. The highest BCUT2D eigenvalue weighted by Gasteiger charge is 2.40. The highest BCUT2D eigenvalue weighted by Crippen LogP contribution is 2.38. The minimum absolute atomic E-state index is 0.230. The average Bonchev–Trinajstić information content (AvgIpc) is 3.54. The molecule has 48 heavy (non-hydrogen) atoms. The smallest absolute Gasteiger partial charge is 0.269 e. The van der Waals surface area contributed by atoms with E-state index in [-0.39, 0.29) is 22.9 Å². The van der Waals surface area contributed by atoms with Gasteiger partial charge in [-0.25, -0.2) is 9.80 Å². The largest absolute Gasteiger partial charge is 0.457 e. The molecule has 4 amide bonds. The van der Waals surface area contributed by atoms with Crippen LogP contribution in [0.15, 0.2) is 146 Å². The summed E-state index contributed by atoms with van der Waals surface area (Å²) in [4.78, 5) is 55.2. The molecule has 0 N–H and O–H groups in total. The lowest BCUT2D eigenvalue weighted by Gasteiger charge is -2.14. The fraction of sp³-hybridized carbons (Fsp3) is 0. The van der Waals surface area contributed by atoms with Gasteiger partial charge in [0, 0.05) is 0 Å². The van der Waals surface area contributed by atoms with Crippen LogP contribution in [0.3, 0.4) is 0 Å². The van der Waals surface area contributed by atoms with Gasteiger partial charge in [0.05, 0.1) is 33.6 Å². The number of ether oxygens (including phenoxy) is 2. The summed E-state index contributed by atoms with van der Waals surface area (Å²) in [7, 11) is 0. The Morgan fingerprint density at radius 2 is 0.729 bits per heavy atom. The van der Waals surface area contributed by atoms with Crippen LogP contribution >= 0.6 is 0 Å². The van der Waals surface area contributed by atoms with Gasteiger partial charge in [0.1, 0.15) is 23.0 Å². The van der Waals surface area contributed by atoms with Crippen molar-refractivity contribution in [1.29, 1.82) is 0 Å². The van der Waals surface area contributed by atoms with Crippen molar-refractivity contribution in [3.63, 3.8) is 0 Å². The van der Waals surface area contributed by atoms with Gasteiger partial charge < -0.3 is 9.47 Å². The lowest BCUT2D eigenvalue weighted by atomic mass is 10.1. The van der Waals surface area contributed by atoms with Crippen LogP contribution in [0.1, 0.15) is 41.4 Å². The summed E-state index contributed by atoms with van der Waals surface area (Å²) in [5, 5.41) is 0. The maximum Gasteiger partial charge on any atom is 0.269 e. The zero-order valence-electron chi connectivity index (χ0n) is 25.2. The number of anilines is 2. The highest BCUT2D eigenvalue weighted by atomic mass is 16.5. The van der Waals surface area contributed by atoms with E-state index in [1.165, 1.54) is 0 Å². The Bertz CT molecular complexity index is 2090. The molecule has 0 bridgehead atoms. The van der Waals surface area contributed by atoms with Gasteiger partial charge in [0.15, 0.2) is 0 Å². The van der Waals surface area contributed by atoms with Crippen LogP contribution in [0.2, 0.25) is 0 Å². The van der Waals surface area contributed by atoms with Gasteiger partial charge in [-0.2, -0.15) is 0 Å². The van der Waals surface area contributed by atoms with Crippen molar-refractivity contribution in [2.24, 2.45) is 0 Å². The summed E-state index contributed by atoms with van der Waals surface area (Å²) in [5.74, 6) is -0.0163. The summed E-state index contributed by atoms with van der Waals surface area (Å²) in [5.41, 5.74) is 3.88. The van der Waals surface area contributed by atoms with Crippen molar-refractivity contribution < 1.29 is 28.7 Å². The van der Waals surface area contributed by atoms with Crippen LogP contribution in [0, 0.1) is 0 Å². The molecule has 2 heterocycles. The lowest BCUT2D eigenvalue weighted by molar-refractivity contribution is 0.0909. The van der Waals surface area contributed by atoms with E-state index in [4.69, 9.17) is 9.47 Å². The summed E-state index contributed by atoms with van der Waals surface area (Å²) in [6, 6.07) is 42.4. The Balaban J connectivity index is 0.985. The molecular weight excluding hydrogens is 604 g/mol. The molecule has 6 aromatic carbocycles. The number of hydrogen-bond donors (Lipinski definition) is 0. The second kappa shape index (κ2) is 11.5. The van der Waals surface area contributed by atoms with Crippen molar-refractivity contribution >= 4 is 35.0 Å². The van der Waals surface area contributed by atoms with Gasteiger partial charge in [-0.05, 0) is 83.9 Å². The Morgan fingerprint density at radius 1 is 0.354 bits per heavy atom. The molecule has 0 spiro atoms. The van der Waals surface area contributed by atoms with E-state index >= 15 is 0 Å². The monoisotopic (exact) mass is 628 g/mol. The van der Waals surface area contributed by atoms with Crippen LogP contribution in [-0.4, -0.2) is 23.6 Å². The van der Waals surface area contributed by atoms with Gasteiger partial charge in [0.2, 0.25) is 0 Å². The van der Waals surface area contributed by atoms with E-state index < -0.39 is 11.8 Å². The summed E-state index contributed by atoms with van der Waals surface area (Å²) in [6.07, 6.45) is 0. The number of carbonyl (C=O) groups excluding carboxylic acids is 4. The molecule has 0 atom stereocenters. The Labute approximate surface area is 275 Å². The quantitative estimate of drug-likeness (QED) is 0.165. The zero-order valence-corrected chi connectivity index (χ0v) is 25.2. The predicted molar refractivity (Wildman–Crippen MR) is 180 cm³/mol. The molecule has 0 aliphatic carbocycles. The van der Waals surface area contributed by atoms with Crippen LogP contribution in [-0.2, 0) is 0 Å². The molecule has 2 aliphatic rings. The number of fused-ring (bicyclic) bond motifs is 2. The SMILES string of the molecule is O=C1c2cccc(Oc3ccc(-c4ccc(Oc5cccc6c5C(=O)N(c5ccccc5)C6=O)cc4)cc3)c2C(=O)N1c1ccccc1. The molecule has 230 valence electrons. The van der Waals surface area contributed by atoms with Crippen LogP contribution in [0.4, 0.5) is 11.4 Å². The first kappa shape index (κ1) is 28.7. The molecule has 6 aromatic rings. The fourth-order valence-electron chi connectivity index (χ4n) is 5.99. The number of para-hydroxylation sites is 2. The van der Waals surface area contributed by atoms with Crippen molar-refractivity contribution in [1.82, 2.24) is 0 Å². The molecule has 8 nitrogen and oxygen atoms in total. The third kappa shape index (κ3) is 4.80. The van der Waals surface area contributed by atoms with Crippen molar-refractivity contribution in [2.45, 2.75) is 0 Å². The zero-order chi connectivity index (χ0) is 32.8. The molecule has 0 saturated carbocycles. The van der Waals surface area contributed by atoms with Crippen LogP contribution in [0.25, 0.3) is 11.1 Å². The number of rotatable bonds is 7. The molecule has 0 aromatic heterocycles. The first-order chi connectivity index (χ1) is 23.5. The second-order valence-corrected chi connectivity index (χ2v) is 11.2. The molecule has 8 heteroatoms. The van der Waals surface area contributed by atoms with Gasteiger partial charge in [-0.15, -0.1) is 0 Å². The predicted octanol–water partition coefficient (Wildman–Crippen LogP) is 8.54. The van der Waals surface area contributed by atoms with E-state index in [0.717, 1.165) is 20.9 Å². The van der Waals surface area contributed by atoms with E-state index in [9.17, 15) is 19.2 Å². The number of carbonyl (C=O) groups is 4. The molecule has 0 unspecified atom stereocenters. The van der Waals surface area contributed by atoms with Gasteiger partial charge in [-0.3, -0.25) is 19.2 Å². The molecule has 0 saturated heterocycles. The number of amides is 4. The number of benzene rings is 6. The molecule has 8 rings (SSSR count). The summed E-state index contributed by atoms with van der Waals surface area (Å²) in [6.45, 7) is 0. The van der Waals surface area contributed by atoms with Crippen molar-refractivity contribution in [3.8, 4) is 34.1 Å². The standard InChI is InChI=1S/C40H24N2O6/c43-37-31-13-7-15-33(35(31)39(45)41(37)27-9-3-1-4-10-27)47-29-21-17-25(18-22-29)26-19-23-30(24-20-26)48-34-16-8-14-32-36(34)40(46)42(38(32)44)28-11-5-2-6-12-28/h1-24H. The first-order valence-electron chi connectivity index (χ1n) is 15.2. The normalized spacial score (nSPS) is 13.5. The van der Waals surface area contributed by atoms with E-state index in [1.807, 2.05) is 36.4 Å². The van der Waals surface area contributed by atoms with Gasteiger partial charge in [0.25, 0.3) is 23.6 Å².